The van der Waals surface area contributed by atoms with Crippen molar-refractivity contribution in [1.82, 2.24) is 0 Å². The fourth-order valence-electron chi connectivity index (χ4n) is 1.25. The fraction of sp³-hybridized carbons (Fsp3) is 0.300. The van der Waals surface area contributed by atoms with Gasteiger partial charge >= 0.3 is 13.1 Å². The van der Waals surface area contributed by atoms with Gasteiger partial charge < -0.3 is 26.0 Å². The zero-order chi connectivity index (χ0) is 13.4. The molecule has 0 unspecified atom stereocenters. The van der Waals surface area contributed by atoms with Gasteiger partial charge in [-0.1, -0.05) is 12.1 Å². The highest BCUT2D eigenvalue weighted by molar-refractivity contribution is 6.41. The average molecular weight is 241 g/mol. The van der Waals surface area contributed by atoms with Crippen molar-refractivity contribution in [3.63, 3.8) is 0 Å². The minimum Gasteiger partial charge on any atom is -0.507 e. The Morgan fingerprint density at radius 2 is 1.94 bits per heavy atom. The number of carboxylic acids is 1. The number of para-hydroxylation sites is 1. The van der Waals surface area contributed by atoms with E-state index < -0.39 is 13.1 Å². The van der Waals surface area contributed by atoms with E-state index in [1.165, 1.54) is 19.2 Å². The van der Waals surface area contributed by atoms with Crippen molar-refractivity contribution < 1.29 is 25.1 Å². The summed E-state index contributed by atoms with van der Waals surface area (Å²) in [5.41, 5.74) is 4.71. The molecule has 94 valence electrons. The van der Waals surface area contributed by atoms with Crippen LogP contribution in [0.25, 0.3) is 0 Å². The van der Waals surface area contributed by atoms with Crippen LogP contribution in [0.2, 0.25) is 6.32 Å². The number of aryl methyl sites for hydroxylation is 1. The molecule has 7 heteroatoms. The first-order chi connectivity index (χ1) is 8.02. The summed E-state index contributed by atoms with van der Waals surface area (Å²) in [5.74, 6) is -1.52. The van der Waals surface area contributed by atoms with E-state index in [4.69, 9.17) is 15.2 Å². The number of carboxylic acid groups (broad SMARTS) is 1. The van der Waals surface area contributed by atoms with Crippen LogP contribution in [0.3, 0.4) is 0 Å². The second-order valence-electron chi connectivity index (χ2n) is 3.14. The van der Waals surface area contributed by atoms with E-state index in [-0.39, 0.29) is 24.1 Å². The normalized spacial score (nSPS) is 9.18. The number of hydrogen-bond acceptors (Lipinski definition) is 5. The van der Waals surface area contributed by atoms with Gasteiger partial charge in [-0.05, 0) is 31.4 Å². The lowest BCUT2D eigenvalue weighted by molar-refractivity contribution is 0.0693. The predicted molar refractivity (Wildman–Crippen MR) is 63.9 cm³/mol. The van der Waals surface area contributed by atoms with E-state index in [2.05, 4.69) is 5.73 Å². The summed E-state index contributed by atoms with van der Waals surface area (Å²) in [6.07, 6.45) is 0.265. The van der Waals surface area contributed by atoms with Gasteiger partial charge in [-0.25, -0.2) is 4.79 Å². The van der Waals surface area contributed by atoms with E-state index in [1.807, 2.05) is 0 Å². The molecule has 0 aliphatic rings. The lowest BCUT2D eigenvalue weighted by atomic mass is 9.82. The second kappa shape index (κ2) is 7.67. The number of rotatable bonds is 4. The summed E-state index contributed by atoms with van der Waals surface area (Å²) in [6.45, 7) is 0. The van der Waals surface area contributed by atoms with Gasteiger partial charge in [0.25, 0.3) is 0 Å². The number of aromatic carboxylic acids is 1. The van der Waals surface area contributed by atoms with E-state index in [0.717, 1.165) is 0 Å². The molecule has 0 fully saturated rings. The molecule has 0 aromatic heterocycles. The van der Waals surface area contributed by atoms with Crippen LogP contribution in [0, 0.1) is 0 Å². The molecule has 1 aromatic rings. The highest BCUT2D eigenvalue weighted by Gasteiger charge is 2.14. The predicted octanol–water partition coefficient (Wildman–Crippen LogP) is -0.319. The number of carbonyl (C=O) groups is 1. The molecular formula is C10H16BNO5. The third-order valence-corrected chi connectivity index (χ3v) is 2.02. The minimum atomic E-state index is -1.46. The van der Waals surface area contributed by atoms with Gasteiger partial charge in [0.05, 0.1) is 0 Å². The molecule has 1 rings (SSSR count). The van der Waals surface area contributed by atoms with Crippen LogP contribution in [0.1, 0.15) is 15.9 Å². The standard InChI is InChI=1S/C9H11BO5.CH5N/c11-8-6(4-5-10(14)15)2-1-3-7(8)9(12)13;1-2/h1-3,11,14-15H,4-5H2,(H,12,13);2H2,1H3. The molecule has 0 saturated carbocycles. The maximum absolute atomic E-state index is 10.7. The van der Waals surface area contributed by atoms with Crippen LogP contribution < -0.4 is 5.73 Å². The Kier molecular flexibility index (Phi) is 6.96. The van der Waals surface area contributed by atoms with Gasteiger partial charge in [-0.2, -0.15) is 0 Å². The van der Waals surface area contributed by atoms with Crippen molar-refractivity contribution in [2.75, 3.05) is 7.05 Å². The van der Waals surface area contributed by atoms with E-state index >= 15 is 0 Å². The summed E-state index contributed by atoms with van der Waals surface area (Å²) in [4.78, 5) is 10.7. The van der Waals surface area contributed by atoms with Crippen molar-refractivity contribution >= 4 is 13.1 Å². The quantitative estimate of drug-likeness (QED) is 0.460. The Morgan fingerprint density at radius 3 is 2.41 bits per heavy atom. The Morgan fingerprint density at radius 1 is 1.35 bits per heavy atom. The van der Waals surface area contributed by atoms with Gasteiger partial charge in [0.15, 0.2) is 0 Å². The van der Waals surface area contributed by atoms with Crippen molar-refractivity contribution in [2.45, 2.75) is 12.7 Å². The molecule has 6 nitrogen and oxygen atoms in total. The van der Waals surface area contributed by atoms with Crippen molar-refractivity contribution in [2.24, 2.45) is 5.73 Å². The van der Waals surface area contributed by atoms with Crippen molar-refractivity contribution in [3.8, 4) is 5.75 Å². The molecule has 0 bridgehead atoms. The second-order valence-corrected chi connectivity index (χ2v) is 3.14. The van der Waals surface area contributed by atoms with Crippen LogP contribution in [-0.2, 0) is 6.42 Å². The van der Waals surface area contributed by atoms with Crippen LogP contribution in [-0.4, -0.2) is 40.4 Å². The molecule has 0 saturated heterocycles. The molecule has 0 aliphatic heterocycles. The smallest absolute Gasteiger partial charge is 0.451 e. The van der Waals surface area contributed by atoms with Crippen LogP contribution in [0.15, 0.2) is 18.2 Å². The average Bonchev–Trinajstić information content (AvgIpc) is 2.30. The topological polar surface area (TPSA) is 124 Å². The SMILES string of the molecule is CN.O=C(O)c1cccc(CCB(O)O)c1O. The molecule has 17 heavy (non-hydrogen) atoms. The minimum absolute atomic E-state index is 0.0522. The molecule has 6 N–H and O–H groups in total. The third kappa shape index (κ3) is 4.86. The number of phenols is 1. The molecule has 0 heterocycles. The number of nitrogens with two attached hydrogens (primary N) is 1. The lowest BCUT2D eigenvalue weighted by Crippen LogP contribution is -2.11. The fourth-order valence-corrected chi connectivity index (χ4v) is 1.25. The number of hydrogen-bond donors (Lipinski definition) is 5. The van der Waals surface area contributed by atoms with Gasteiger partial charge in [0.1, 0.15) is 11.3 Å². The number of benzene rings is 1. The summed E-state index contributed by atoms with van der Waals surface area (Å²) < 4.78 is 0. The summed E-state index contributed by atoms with van der Waals surface area (Å²) in [7, 11) is 0.0397. The maximum Gasteiger partial charge on any atom is 0.451 e. The van der Waals surface area contributed by atoms with Crippen LogP contribution in [0.5, 0.6) is 5.75 Å². The zero-order valence-electron chi connectivity index (χ0n) is 9.50. The highest BCUT2D eigenvalue weighted by atomic mass is 16.4. The van der Waals surface area contributed by atoms with Gasteiger partial charge in [-0.15, -0.1) is 0 Å². The van der Waals surface area contributed by atoms with E-state index in [1.54, 1.807) is 6.07 Å². The van der Waals surface area contributed by atoms with Crippen molar-refractivity contribution in [3.05, 3.63) is 29.3 Å². The molecule has 0 spiro atoms. The lowest BCUT2D eigenvalue weighted by Gasteiger charge is -2.06. The largest absolute Gasteiger partial charge is 0.507 e. The monoisotopic (exact) mass is 241 g/mol. The van der Waals surface area contributed by atoms with Gasteiger partial charge in [0.2, 0.25) is 0 Å². The van der Waals surface area contributed by atoms with E-state index in [9.17, 15) is 9.90 Å². The highest BCUT2D eigenvalue weighted by Crippen LogP contribution is 2.23. The molecule has 0 radical (unpaired) electrons. The van der Waals surface area contributed by atoms with Crippen LogP contribution >= 0.6 is 0 Å². The van der Waals surface area contributed by atoms with Gasteiger partial charge in [-0.3, -0.25) is 0 Å². The summed E-state index contributed by atoms with van der Waals surface area (Å²) >= 11 is 0. The Labute approximate surface area is 99.5 Å². The Balaban J connectivity index is 0.00000121. The first-order valence-corrected chi connectivity index (χ1v) is 5.00. The molecule has 1 aromatic carbocycles. The Bertz CT molecular complexity index is 370. The molecule has 0 aliphatic carbocycles. The third-order valence-electron chi connectivity index (χ3n) is 2.02. The van der Waals surface area contributed by atoms with Crippen molar-refractivity contribution in [1.29, 1.82) is 0 Å². The molecule has 0 amide bonds. The molecule has 0 atom stereocenters. The summed E-state index contributed by atoms with van der Waals surface area (Å²) in [5, 5.41) is 35.5. The van der Waals surface area contributed by atoms with E-state index in [0.29, 0.717) is 5.56 Å². The zero-order valence-corrected chi connectivity index (χ0v) is 9.50. The first-order valence-electron chi connectivity index (χ1n) is 5.00. The molecular weight excluding hydrogens is 225 g/mol. The maximum atomic E-state index is 10.7. The van der Waals surface area contributed by atoms with Crippen LogP contribution in [0.4, 0.5) is 0 Å². The Hall–Kier alpha value is -1.57. The number of aromatic hydroxyl groups is 1. The summed E-state index contributed by atoms with van der Waals surface area (Å²) in [6, 6.07) is 4.34. The first kappa shape index (κ1) is 15.4. The van der Waals surface area contributed by atoms with Gasteiger partial charge in [0, 0.05) is 0 Å².